The van der Waals surface area contributed by atoms with E-state index in [0.29, 0.717) is 6.42 Å². The first kappa shape index (κ1) is 24.0. The zero-order chi connectivity index (χ0) is 24.9. The summed E-state index contributed by atoms with van der Waals surface area (Å²) in [6.07, 6.45) is 1.80. The highest BCUT2D eigenvalue weighted by molar-refractivity contribution is 6.01. The monoisotopic (exact) mass is 476 g/mol. The number of aliphatic carboxylic acids is 1. The minimum Gasteiger partial charge on any atom is -0.481 e. The zero-order valence-electron chi connectivity index (χ0n) is 19.7. The van der Waals surface area contributed by atoms with Crippen LogP contribution in [-0.4, -0.2) is 45.5 Å². The van der Waals surface area contributed by atoms with Gasteiger partial charge in [0.25, 0.3) is 5.91 Å². The number of aryl methyl sites for hydroxylation is 1. The van der Waals surface area contributed by atoms with E-state index in [2.05, 4.69) is 27.9 Å². The Kier molecular flexibility index (Phi) is 7.14. The Morgan fingerprint density at radius 3 is 2.31 bits per heavy atom. The second-order valence-electron chi connectivity index (χ2n) is 8.57. The molecule has 1 aliphatic carbocycles. The van der Waals surface area contributed by atoms with Crippen LogP contribution in [0, 0.1) is 0 Å². The van der Waals surface area contributed by atoms with Gasteiger partial charge in [0.05, 0.1) is 6.42 Å². The number of anilines is 1. The number of fused-ring (bicyclic) bond motifs is 3. The second kappa shape index (κ2) is 10.4. The average molecular weight is 477 g/mol. The topological polar surface area (TPSA) is 123 Å². The van der Waals surface area contributed by atoms with Crippen molar-refractivity contribution in [1.29, 1.82) is 0 Å². The summed E-state index contributed by atoms with van der Waals surface area (Å²) in [5.41, 5.74) is 4.58. The van der Waals surface area contributed by atoms with Crippen molar-refractivity contribution in [2.45, 2.75) is 38.1 Å². The number of aromatic nitrogens is 2. The Morgan fingerprint density at radius 1 is 1.09 bits per heavy atom. The van der Waals surface area contributed by atoms with Crippen molar-refractivity contribution in [3.63, 3.8) is 0 Å². The van der Waals surface area contributed by atoms with Crippen LogP contribution in [0.5, 0.6) is 0 Å². The molecule has 0 fully saturated rings. The van der Waals surface area contributed by atoms with Crippen molar-refractivity contribution in [2.75, 3.05) is 11.9 Å². The molecule has 9 nitrogen and oxygen atoms in total. The Bertz CT molecular complexity index is 1210. The van der Waals surface area contributed by atoms with Gasteiger partial charge in [-0.1, -0.05) is 61.9 Å². The highest BCUT2D eigenvalue weighted by Crippen LogP contribution is 2.44. The number of ether oxygens (including phenoxy) is 1. The van der Waals surface area contributed by atoms with E-state index in [1.54, 1.807) is 7.05 Å². The lowest BCUT2D eigenvalue weighted by Gasteiger charge is -2.16. The van der Waals surface area contributed by atoms with Crippen molar-refractivity contribution in [1.82, 2.24) is 15.1 Å². The van der Waals surface area contributed by atoms with Gasteiger partial charge in [0.15, 0.2) is 5.82 Å². The van der Waals surface area contributed by atoms with Crippen LogP contribution in [-0.2, 0) is 16.6 Å². The maximum Gasteiger partial charge on any atom is 0.412 e. The Hall–Kier alpha value is -4.14. The van der Waals surface area contributed by atoms with Crippen LogP contribution < -0.4 is 10.6 Å². The number of amides is 2. The van der Waals surface area contributed by atoms with E-state index in [-0.39, 0.29) is 30.3 Å². The number of carbonyl (C=O) groups excluding carboxylic acids is 2. The maximum atomic E-state index is 12.8. The SMILES string of the molecule is CCC[C@H](CC(=O)O)NC(=O)c1cn(C)nc1NC(=O)OCC1c2ccccc2-c2ccccc21. The number of benzene rings is 2. The van der Waals surface area contributed by atoms with Gasteiger partial charge in [-0.2, -0.15) is 5.10 Å². The molecule has 0 saturated carbocycles. The van der Waals surface area contributed by atoms with E-state index in [0.717, 1.165) is 28.7 Å². The molecule has 1 atom stereocenters. The molecule has 1 aliphatic rings. The van der Waals surface area contributed by atoms with Crippen LogP contribution in [0.25, 0.3) is 11.1 Å². The van der Waals surface area contributed by atoms with E-state index in [1.165, 1.54) is 10.9 Å². The van der Waals surface area contributed by atoms with Gasteiger partial charge in [-0.05, 0) is 28.7 Å². The fourth-order valence-corrected chi connectivity index (χ4v) is 4.53. The first-order valence-corrected chi connectivity index (χ1v) is 11.6. The summed E-state index contributed by atoms with van der Waals surface area (Å²) < 4.78 is 6.95. The quantitative estimate of drug-likeness (QED) is 0.426. The van der Waals surface area contributed by atoms with Gasteiger partial charge < -0.3 is 15.2 Å². The summed E-state index contributed by atoms with van der Waals surface area (Å²) in [4.78, 5) is 36.6. The zero-order valence-corrected chi connectivity index (χ0v) is 19.7. The first-order valence-electron chi connectivity index (χ1n) is 11.6. The van der Waals surface area contributed by atoms with Crippen molar-refractivity contribution in [2.24, 2.45) is 7.05 Å². The number of nitrogens with zero attached hydrogens (tertiary/aromatic N) is 2. The fourth-order valence-electron chi connectivity index (χ4n) is 4.53. The molecule has 182 valence electrons. The third kappa shape index (κ3) is 5.34. The lowest BCUT2D eigenvalue weighted by molar-refractivity contribution is -0.137. The summed E-state index contributed by atoms with van der Waals surface area (Å²) >= 11 is 0. The van der Waals surface area contributed by atoms with Crippen LogP contribution >= 0.6 is 0 Å². The Morgan fingerprint density at radius 2 is 1.71 bits per heavy atom. The number of carboxylic acids is 1. The van der Waals surface area contributed by atoms with E-state index >= 15 is 0 Å². The van der Waals surface area contributed by atoms with Gasteiger partial charge >= 0.3 is 12.1 Å². The third-order valence-corrected chi connectivity index (χ3v) is 6.03. The van der Waals surface area contributed by atoms with E-state index in [4.69, 9.17) is 9.84 Å². The molecule has 0 unspecified atom stereocenters. The number of nitrogens with one attached hydrogen (secondary N) is 2. The third-order valence-electron chi connectivity index (χ3n) is 6.03. The molecule has 1 heterocycles. The molecular weight excluding hydrogens is 448 g/mol. The van der Waals surface area contributed by atoms with Gasteiger partial charge in [0, 0.05) is 25.2 Å². The molecule has 0 radical (unpaired) electrons. The summed E-state index contributed by atoms with van der Waals surface area (Å²) in [6.45, 7) is 2.04. The van der Waals surface area contributed by atoms with Crippen LogP contribution in [0.1, 0.15) is 53.6 Å². The predicted octanol–water partition coefficient (Wildman–Crippen LogP) is 4.15. The number of carboxylic acid groups (broad SMARTS) is 1. The van der Waals surface area contributed by atoms with Gasteiger partial charge in [-0.3, -0.25) is 19.6 Å². The molecule has 9 heteroatoms. The van der Waals surface area contributed by atoms with Crippen molar-refractivity contribution >= 4 is 23.8 Å². The number of rotatable bonds is 9. The molecule has 4 rings (SSSR count). The van der Waals surface area contributed by atoms with Crippen LogP contribution in [0.2, 0.25) is 0 Å². The lowest BCUT2D eigenvalue weighted by Crippen LogP contribution is -2.36. The lowest BCUT2D eigenvalue weighted by atomic mass is 9.98. The standard InChI is InChI=1S/C26H28N4O5/c1-3-8-16(13-23(31)32)27-25(33)21-14-30(2)29-24(21)28-26(34)35-15-22-19-11-6-4-9-17(19)18-10-5-7-12-20(18)22/h4-7,9-12,14,16,22H,3,8,13,15H2,1-2H3,(H,27,33)(H,31,32)(H,28,29,34)/t16-/m1/s1. The molecule has 1 aromatic heterocycles. The molecule has 3 aromatic rings. The highest BCUT2D eigenvalue weighted by Gasteiger charge is 2.29. The molecule has 0 aliphatic heterocycles. The minimum absolute atomic E-state index is 0.0489. The van der Waals surface area contributed by atoms with Gasteiger partial charge in [-0.25, -0.2) is 4.79 Å². The summed E-state index contributed by atoms with van der Waals surface area (Å²) in [7, 11) is 1.63. The Balaban J connectivity index is 1.43. The van der Waals surface area contributed by atoms with Gasteiger partial charge in [0.1, 0.15) is 12.2 Å². The van der Waals surface area contributed by atoms with Crippen molar-refractivity contribution in [3.05, 3.63) is 71.4 Å². The van der Waals surface area contributed by atoms with Gasteiger partial charge in [-0.15, -0.1) is 0 Å². The summed E-state index contributed by atoms with van der Waals surface area (Å²) in [5, 5.41) is 18.6. The molecule has 0 spiro atoms. The average Bonchev–Trinajstić information content (AvgIpc) is 3.35. The molecule has 2 aromatic carbocycles. The molecule has 0 bridgehead atoms. The number of hydrogen-bond donors (Lipinski definition) is 3. The van der Waals surface area contributed by atoms with Crippen molar-refractivity contribution in [3.8, 4) is 11.1 Å². The molecule has 0 saturated heterocycles. The van der Waals surface area contributed by atoms with E-state index < -0.39 is 24.0 Å². The number of hydrogen-bond acceptors (Lipinski definition) is 5. The van der Waals surface area contributed by atoms with Crippen LogP contribution in [0.15, 0.2) is 54.7 Å². The smallest absolute Gasteiger partial charge is 0.412 e. The number of carbonyl (C=O) groups is 3. The summed E-state index contributed by atoms with van der Waals surface area (Å²) in [6, 6.07) is 15.6. The molecule has 2 amide bonds. The van der Waals surface area contributed by atoms with E-state index in [9.17, 15) is 14.4 Å². The second-order valence-corrected chi connectivity index (χ2v) is 8.57. The highest BCUT2D eigenvalue weighted by atomic mass is 16.5. The maximum absolute atomic E-state index is 12.8. The fraction of sp³-hybridized carbons (Fsp3) is 0.308. The molecule has 35 heavy (non-hydrogen) atoms. The normalized spacial score (nSPS) is 13.0. The largest absolute Gasteiger partial charge is 0.481 e. The summed E-state index contributed by atoms with van der Waals surface area (Å²) in [5.74, 6) is -1.54. The van der Waals surface area contributed by atoms with Crippen molar-refractivity contribution < 1.29 is 24.2 Å². The van der Waals surface area contributed by atoms with Crippen LogP contribution in [0.3, 0.4) is 0 Å². The van der Waals surface area contributed by atoms with Gasteiger partial charge in [0.2, 0.25) is 0 Å². The molecule has 3 N–H and O–H groups in total. The first-order chi connectivity index (χ1) is 16.9. The predicted molar refractivity (Wildman–Crippen MR) is 130 cm³/mol. The minimum atomic E-state index is -0.994. The Labute approximate surface area is 203 Å². The van der Waals surface area contributed by atoms with E-state index in [1.807, 2.05) is 43.3 Å². The molecular formula is C26H28N4O5. The van der Waals surface area contributed by atoms with Crippen LogP contribution in [0.4, 0.5) is 10.6 Å².